The zero-order valence-electron chi connectivity index (χ0n) is 13.7. The average Bonchev–Trinajstić information content (AvgIpc) is 3.14. The molecule has 2 N–H and O–H groups in total. The zero-order valence-corrected chi connectivity index (χ0v) is 14.5. The third-order valence-corrected chi connectivity index (χ3v) is 4.80. The maximum Gasteiger partial charge on any atom is 0.266 e. The second-order valence-electron chi connectivity index (χ2n) is 5.50. The topological polar surface area (TPSA) is 93.1 Å². The van der Waals surface area contributed by atoms with E-state index in [4.69, 9.17) is 0 Å². The molecule has 0 saturated carbocycles. The van der Waals surface area contributed by atoms with Crippen LogP contribution in [-0.2, 0) is 10.0 Å². The number of amides is 1. The highest BCUT2D eigenvalue weighted by Crippen LogP contribution is 2.14. The van der Waals surface area contributed by atoms with Crippen LogP contribution in [0.4, 0.5) is 4.39 Å². The molecular weight excluding hydrogens is 359 g/mol. The van der Waals surface area contributed by atoms with Gasteiger partial charge in [0.25, 0.3) is 15.9 Å². The molecule has 0 saturated heterocycles. The molecule has 0 spiro atoms. The van der Waals surface area contributed by atoms with Crippen molar-refractivity contribution >= 4 is 15.9 Å². The number of nitrogens with one attached hydrogen (secondary N) is 2. The molecule has 1 heterocycles. The molecule has 134 valence electrons. The summed E-state index contributed by atoms with van der Waals surface area (Å²) in [5, 5.41) is 4.09. The van der Waals surface area contributed by atoms with Gasteiger partial charge in [-0.15, -0.1) is 4.83 Å². The average molecular weight is 374 g/mol. The molecule has 0 aliphatic carbocycles. The van der Waals surface area contributed by atoms with Gasteiger partial charge >= 0.3 is 0 Å². The third-order valence-electron chi connectivity index (χ3n) is 3.52. The summed E-state index contributed by atoms with van der Waals surface area (Å²) in [5.74, 6) is -1.59. The quantitative estimate of drug-likeness (QED) is 0.668. The number of hydrazine groups is 1. The number of sulfonamides is 1. The summed E-state index contributed by atoms with van der Waals surface area (Å²) in [4.78, 5) is 13.7. The van der Waals surface area contributed by atoms with Gasteiger partial charge in [-0.05, 0) is 48.9 Å². The molecule has 0 bridgehead atoms. The molecular formula is C17H15FN4O3S. The first-order chi connectivity index (χ1) is 12.4. The van der Waals surface area contributed by atoms with Gasteiger partial charge in [0, 0.05) is 18.0 Å². The Morgan fingerprint density at radius 2 is 1.92 bits per heavy atom. The Kier molecular flexibility index (Phi) is 4.83. The van der Waals surface area contributed by atoms with Gasteiger partial charge in [-0.25, -0.2) is 17.5 Å². The van der Waals surface area contributed by atoms with Crippen molar-refractivity contribution in [1.29, 1.82) is 0 Å². The lowest BCUT2D eigenvalue weighted by Crippen LogP contribution is -2.41. The van der Waals surface area contributed by atoms with E-state index in [0.717, 1.165) is 17.7 Å². The number of benzene rings is 2. The number of hydrogen-bond donors (Lipinski definition) is 2. The Labute approximate surface area is 149 Å². The molecule has 2 aromatic carbocycles. The van der Waals surface area contributed by atoms with Gasteiger partial charge in [0.15, 0.2) is 0 Å². The molecule has 9 heteroatoms. The van der Waals surface area contributed by atoms with E-state index in [1.807, 2.05) is 10.9 Å². The molecule has 0 unspecified atom stereocenters. The van der Waals surface area contributed by atoms with E-state index in [9.17, 15) is 17.6 Å². The molecule has 26 heavy (non-hydrogen) atoms. The minimum atomic E-state index is -4.23. The highest BCUT2D eigenvalue weighted by Gasteiger charge is 2.19. The Morgan fingerprint density at radius 1 is 1.15 bits per heavy atom. The summed E-state index contributed by atoms with van der Waals surface area (Å²) in [6.07, 6.45) is 3.32. The molecule has 3 aromatic rings. The van der Waals surface area contributed by atoms with E-state index in [1.165, 1.54) is 12.1 Å². The maximum absolute atomic E-state index is 13.7. The van der Waals surface area contributed by atoms with Crippen LogP contribution in [0.3, 0.4) is 0 Å². The predicted molar refractivity (Wildman–Crippen MR) is 92.5 cm³/mol. The Bertz CT molecular complexity index is 1050. The monoisotopic (exact) mass is 374 g/mol. The second-order valence-corrected chi connectivity index (χ2v) is 7.15. The third kappa shape index (κ3) is 3.79. The van der Waals surface area contributed by atoms with Crippen molar-refractivity contribution in [2.75, 3.05) is 0 Å². The second kappa shape index (κ2) is 7.06. The first-order valence-corrected chi connectivity index (χ1v) is 9.03. The molecule has 0 aliphatic heterocycles. The number of carbonyl (C=O) groups excluding carboxylic acids is 1. The van der Waals surface area contributed by atoms with Gasteiger partial charge in [0.05, 0.1) is 5.69 Å². The minimum Gasteiger partial charge on any atom is -0.273 e. The van der Waals surface area contributed by atoms with Crippen molar-refractivity contribution in [3.8, 4) is 5.69 Å². The molecule has 0 fully saturated rings. The summed E-state index contributed by atoms with van der Waals surface area (Å²) in [7, 11) is -4.23. The van der Waals surface area contributed by atoms with E-state index >= 15 is 0 Å². The van der Waals surface area contributed by atoms with Crippen LogP contribution < -0.4 is 10.3 Å². The highest BCUT2D eigenvalue weighted by molar-refractivity contribution is 7.89. The first kappa shape index (κ1) is 17.8. The molecule has 0 aliphatic rings. The van der Waals surface area contributed by atoms with Crippen molar-refractivity contribution < 1.29 is 17.6 Å². The smallest absolute Gasteiger partial charge is 0.266 e. The normalized spacial score (nSPS) is 11.3. The van der Waals surface area contributed by atoms with Crippen molar-refractivity contribution in [2.24, 2.45) is 0 Å². The maximum atomic E-state index is 13.7. The summed E-state index contributed by atoms with van der Waals surface area (Å²) < 4.78 is 39.5. The lowest BCUT2D eigenvalue weighted by Gasteiger charge is -2.11. The largest absolute Gasteiger partial charge is 0.273 e. The number of nitrogens with zero attached hydrogens (tertiary/aromatic N) is 2. The lowest BCUT2D eigenvalue weighted by atomic mass is 10.1. The molecule has 7 nitrogen and oxygen atoms in total. The van der Waals surface area contributed by atoms with Gasteiger partial charge in [0.1, 0.15) is 10.7 Å². The summed E-state index contributed by atoms with van der Waals surface area (Å²) in [6, 6.07) is 11.6. The minimum absolute atomic E-state index is 0.228. The van der Waals surface area contributed by atoms with Gasteiger partial charge in [-0.3, -0.25) is 10.2 Å². The summed E-state index contributed by atoms with van der Waals surface area (Å²) in [5.41, 5.74) is 3.76. The van der Waals surface area contributed by atoms with Gasteiger partial charge in [0.2, 0.25) is 0 Å². The fraction of sp³-hybridized carbons (Fsp3) is 0.0588. The van der Waals surface area contributed by atoms with Crippen molar-refractivity contribution in [1.82, 2.24) is 20.0 Å². The van der Waals surface area contributed by atoms with Crippen LogP contribution in [-0.4, -0.2) is 24.1 Å². The van der Waals surface area contributed by atoms with Crippen molar-refractivity contribution in [3.63, 3.8) is 0 Å². The van der Waals surface area contributed by atoms with Crippen LogP contribution in [0.15, 0.2) is 65.8 Å². The van der Waals surface area contributed by atoms with E-state index in [-0.39, 0.29) is 5.56 Å². The van der Waals surface area contributed by atoms with E-state index < -0.39 is 26.6 Å². The number of aromatic nitrogens is 2. The van der Waals surface area contributed by atoms with Crippen molar-refractivity contribution in [3.05, 3.63) is 77.9 Å². The molecule has 0 atom stereocenters. The van der Waals surface area contributed by atoms with Crippen LogP contribution in [0, 0.1) is 12.7 Å². The molecule has 3 rings (SSSR count). The fourth-order valence-corrected chi connectivity index (χ4v) is 3.27. The van der Waals surface area contributed by atoms with Crippen LogP contribution in [0.5, 0.6) is 0 Å². The van der Waals surface area contributed by atoms with Crippen LogP contribution in [0.2, 0.25) is 0 Å². The Morgan fingerprint density at radius 3 is 2.62 bits per heavy atom. The van der Waals surface area contributed by atoms with Crippen LogP contribution >= 0.6 is 0 Å². The van der Waals surface area contributed by atoms with Gasteiger partial charge in [-0.1, -0.05) is 12.1 Å². The first-order valence-electron chi connectivity index (χ1n) is 7.55. The number of aryl methyl sites for hydroxylation is 1. The Hall–Kier alpha value is -3.04. The lowest BCUT2D eigenvalue weighted by molar-refractivity contribution is 0.0945. The number of hydrogen-bond acceptors (Lipinski definition) is 4. The fourth-order valence-electron chi connectivity index (χ4n) is 2.35. The van der Waals surface area contributed by atoms with Crippen molar-refractivity contribution in [2.45, 2.75) is 11.8 Å². The molecule has 0 radical (unpaired) electrons. The summed E-state index contributed by atoms with van der Waals surface area (Å²) in [6.45, 7) is 1.80. The molecule has 1 amide bonds. The van der Waals surface area contributed by atoms with E-state index in [0.29, 0.717) is 5.69 Å². The number of carbonyl (C=O) groups is 1. The molecule has 1 aromatic heterocycles. The van der Waals surface area contributed by atoms with Gasteiger partial charge < -0.3 is 0 Å². The number of halogens is 1. The van der Waals surface area contributed by atoms with Crippen LogP contribution in [0.1, 0.15) is 15.9 Å². The van der Waals surface area contributed by atoms with E-state index in [1.54, 1.807) is 42.2 Å². The van der Waals surface area contributed by atoms with Crippen LogP contribution in [0.25, 0.3) is 5.69 Å². The standard InChI is InChI=1S/C17H15FN4O3S/c1-12-9-13(11-14(10-12)22-8-4-7-19-22)17(23)20-21-26(24,25)16-6-3-2-5-15(16)18/h2-11,21H,1H3,(H,20,23). The predicted octanol–water partition coefficient (Wildman–Crippen LogP) is 1.94. The Balaban J connectivity index is 1.80. The summed E-state index contributed by atoms with van der Waals surface area (Å²) >= 11 is 0. The SMILES string of the molecule is Cc1cc(C(=O)NNS(=O)(=O)c2ccccc2F)cc(-n2cccn2)c1. The van der Waals surface area contributed by atoms with E-state index in [2.05, 4.69) is 10.5 Å². The highest BCUT2D eigenvalue weighted by atomic mass is 32.2. The number of rotatable bonds is 5. The zero-order chi connectivity index (χ0) is 18.7. The van der Waals surface area contributed by atoms with Gasteiger partial charge in [-0.2, -0.15) is 5.10 Å².